The largest absolute Gasteiger partial charge is 0.311 e. The van der Waals surface area contributed by atoms with Gasteiger partial charge in [0.1, 0.15) is 0 Å². The summed E-state index contributed by atoms with van der Waals surface area (Å²) in [5.74, 6) is 0.256. The van der Waals surface area contributed by atoms with E-state index in [4.69, 9.17) is 0 Å². The van der Waals surface area contributed by atoms with E-state index in [0.29, 0.717) is 11.7 Å². The molecular formula is C13H17NOS. The van der Waals surface area contributed by atoms with Gasteiger partial charge >= 0.3 is 0 Å². The molecule has 3 heteroatoms. The van der Waals surface area contributed by atoms with E-state index >= 15 is 0 Å². The number of anilines is 1. The quantitative estimate of drug-likeness (QED) is 0.783. The van der Waals surface area contributed by atoms with Gasteiger partial charge in [-0.1, -0.05) is 26.0 Å². The molecular weight excluding hydrogens is 218 g/mol. The fourth-order valence-corrected chi connectivity index (χ4v) is 3.11. The van der Waals surface area contributed by atoms with Gasteiger partial charge in [0.05, 0.1) is 5.69 Å². The number of thioether (sulfide) groups is 1. The molecule has 0 fully saturated rings. The van der Waals surface area contributed by atoms with Gasteiger partial charge in [-0.05, 0) is 18.6 Å². The Hall–Kier alpha value is -0.960. The molecule has 1 amide bonds. The van der Waals surface area contributed by atoms with Crippen molar-refractivity contribution in [3.63, 3.8) is 0 Å². The molecule has 0 radical (unpaired) electrons. The number of benzene rings is 1. The van der Waals surface area contributed by atoms with Crippen molar-refractivity contribution in [2.45, 2.75) is 36.8 Å². The highest BCUT2D eigenvalue weighted by molar-refractivity contribution is 8.00. The van der Waals surface area contributed by atoms with Crippen molar-refractivity contribution in [3.05, 3.63) is 24.3 Å². The fraction of sp³-hybridized carbons (Fsp3) is 0.462. The summed E-state index contributed by atoms with van der Waals surface area (Å²) in [6, 6.07) is 8.20. The van der Waals surface area contributed by atoms with Crippen molar-refractivity contribution >= 4 is 23.4 Å². The van der Waals surface area contributed by atoms with E-state index in [-0.39, 0.29) is 5.91 Å². The normalized spacial score (nSPS) is 20.5. The molecule has 0 spiro atoms. The third-order valence-electron chi connectivity index (χ3n) is 2.69. The molecule has 0 saturated carbocycles. The Balaban J connectivity index is 2.40. The summed E-state index contributed by atoms with van der Waals surface area (Å²) >= 11 is 1.80. The van der Waals surface area contributed by atoms with Crippen LogP contribution in [0.1, 0.15) is 26.7 Å². The van der Waals surface area contributed by atoms with Crippen LogP contribution in [-0.2, 0) is 4.79 Å². The SMILES string of the molecule is CCCN1C(=O)CC(C)Sc2ccccc21. The smallest absolute Gasteiger partial charge is 0.228 e. The first-order chi connectivity index (χ1) is 7.72. The molecule has 0 N–H and O–H groups in total. The number of amides is 1. The molecule has 1 aliphatic rings. The van der Waals surface area contributed by atoms with Crippen molar-refractivity contribution in [1.82, 2.24) is 0 Å². The first-order valence-corrected chi connectivity index (χ1v) is 6.66. The summed E-state index contributed by atoms with van der Waals surface area (Å²) < 4.78 is 0. The maximum atomic E-state index is 12.1. The van der Waals surface area contributed by atoms with Gasteiger partial charge in [0.15, 0.2) is 0 Å². The molecule has 0 bridgehead atoms. The Morgan fingerprint density at radius 1 is 1.44 bits per heavy atom. The average Bonchev–Trinajstić information content (AvgIpc) is 2.37. The molecule has 1 atom stereocenters. The van der Waals surface area contributed by atoms with Crippen molar-refractivity contribution < 1.29 is 4.79 Å². The standard InChI is InChI=1S/C13H17NOS/c1-3-8-14-11-6-4-5-7-12(11)16-10(2)9-13(14)15/h4-7,10H,3,8-9H2,1-2H3. The molecule has 1 aliphatic heterocycles. The number of carbonyl (C=O) groups is 1. The number of hydrogen-bond donors (Lipinski definition) is 0. The Labute approximate surface area is 101 Å². The van der Waals surface area contributed by atoms with Gasteiger partial charge in [-0.2, -0.15) is 0 Å². The average molecular weight is 235 g/mol. The van der Waals surface area contributed by atoms with E-state index in [1.165, 1.54) is 4.90 Å². The molecule has 2 nitrogen and oxygen atoms in total. The predicted molar refractivity (Wildman–Crippen MR) is 69.0 cm³/mol. The lowest BCUT2D eigenvalue weighted by molar-refractivity contribution is -0.118. The Kier molecular flexibility index (Phi) is 3.54. The van der Waals surface area contributed by atoms with Crippen molar-refractivity contribution in [1.29, 1.82) is 0 Å². The van der Waals surface area contributed by atoms with E-state index in [9.17, 15) is 4.79 Å². The third kappa shape index (κ3) is 2.24. The summed E-state index contributed by atoms with van der Waals surface area (Å²) in [6.45, 7) is 5.05. The zero-order valence-electron chi connectivity index (χ0n) is 9.77. The first kappa shape index (κ1) is 11.5. The van der Waals surface area contributed by atoms with Crippen LogP contribution in [0.15, 0.2) is 29.2 Å². The second-order valence-electron chi connectivity index (χ2n) is 4.15. The second kappa shape index (κ2) is 4.91. The van der Waals surface area contributed by atoms with Crippen molar-refractivity contribution in [3.8, 4) is 0 Å². The van der Waals surface area contributed by atoms with Crippen LogP contribution < -0.4 is 4.90 Å². The molecule has 0 saturated heterocycles. The van der Waals surface area contributed by atoms with Crippen LogP contribution in [0.25, 0.3) is 0 Å². The Morgan fingerprint density at radius 2 is 2.19 bits per heavy atom. The highest BCUT2D eigenvalue weighted by atomic mass is 32.2. The van der Waals surface area contributed by atoms with E-state index < -0.39 is 0 Å². The minimum atomic E-state index is 0.256. The van der Waals surface area contributed by atoms with Crippen molar-refractivity contribution in [2.75, 3.05) is 11.4 Å². The minimum absolute atomic E-state index is 0.256. The Bertz CT molecular complexity index is 391. The lowest BCUT2D eigenvalue weighted by Crippen LogP contribution is -2.31. The molecule has 1 aromatic rings. The zero-order chi connectivity index (χ0) is 11.5. The van der Waals surface area contributed by atoms with Gasteiger partial charge < -0.3 is 4.90 Å². The molecule has 1 unspecified atom stereocenters. The molecule has 86 valence electrons. The number of rotatable bonds is 2. The van der Waals surface area contributed by atoms with Crippen LogP contribution in [0.2, 0.25) is 0 Å². The lowest BCUT2D eigenvalue weighted by atomic mass is 10.2. The van der Waals surface area contributed by atoms with Crippen LogP contribution >= 0.6 is 11.8 Å². The zero-order valence-corrected chi connectivity index (χ0v) is 10.6. The van der Waals surface area contributed by atoms with Gasteiger partial charge in [0.25, 0.3) is 0 Å². The van der Waals surface area contributed by atoms with Gasteiger partial charge in [0.2, 0.25) is 5.91 Å². The predicted octanol–water partition coefficient (Wildman–Crippen LogP) is 3.31. The number of fused-ring (bicyclic) bond motifs is 1. The van der Waals surface area contributed by atoms with E-state index in [1.54, 1.807) is 11.8 Å². The molecule has 0 aromatic heterocycles. The van der Waals surface area contributed by atoms with Gasteiger partial charge in [-0.15, -0.1) is 11.8 Å². The van der Waals surface area contributed by atoms with E-state index in [2.05, 4.69) is 19.9 Å². The van der Waals surface area contributed by atoms with Gasteiger partial charge in [-0.25, -0.2) is 0 Å². The molecule has 1 aromatic carbocycles. The van der Waals surface area contributed by atoms with E-state index in [0.717, 1.165) is 18.7 Å². The van der Waals surface area contributed by atoms with Crippen LogP contribution in [-0.4, -0.2) is 17.7 Å². The van der Waals surface area contributed by atoms with Crippen LogP contribution in [0.5, 0.6) is 0 Å². The summed E-state index contributed by atoms with van der Waals surface area (Å²) in [5, 5.41) is 0.371. The van der Waals surface area contributed by atoms with Crippen LogP contribution in [0, 0.1) is 0 Å². The lowest BCUT2D eigenvalue weighted by Gasteiger charge is -2.21. The summed E-state index contributed by atoms with van der Waals surface area (Å²) in [6.07, 6.45) is 1.64. The topological polar surface area (TPSA) is 20.3 Å². The maximum Gasteiger partial charge on any atom is 0.228 e. The highest BCUT2D eigenvalue weighted by Crippen LogP contribution is 2.37. The third-order valence-corrected chi connectivity index (χ3v) is 3.86. The molecule has 16 heavy (non-hydrogen) atoms. The highest BCUT2D eigenvalue weighted by Gasteiger charge is 2.25. The molecule has 1 heterocycles. The summed E-state index contributed by atoms with van der Waals surface area (Å²) in [4.78, 5) is 15.3. The fourth-order valence-electron chi connectivity index (χ4n) is 2.00. The monoisotopic (exact) mass is 235 g/mol. The van der Waals surface area contributed by atoms with E-state index in [1.807, 2.05) is 23.1 Å². The number of carbonyl (C=O) groups excluding carboxylic acids is 1. The van der Waals surface area contributed by atoms with Crippen LogP contribution in [0.3, 0.4) is 0 Å². The number of nitrogens with zero attached hydrogens (tertiary/aromatic N) is 1. The first-order valence-electron chi connectivity index (χ1n) is 5.78. The Morgan fingerprint density at radius 3 is 2.94 bits per heavy atom. The van der Waals surface area contributed by atoms with Gasteiger partial charge in [-0.3, -0.25) is 4.79 Å². The van der Waals surface area contributed by atoms with Crippen molar-refractivity contribution in [2.24, 2.45) is 0 Å². The van der Waals surface area contributed by atoms with Crippen LogP contribution in [0.4, 0.5) is 5.69 Å². The summed E-state index contributed by atoms with van der Waals surface area (Å²) in [5.41, 5.74) is 1.09. The number of para-hydroxylation sites is 1. The minimum Gasteiger partial charge on any atom is -0.311 e. The number of hydrogen-bond acceptors (Lipinski definition) is 2. The molecule has 2 rings (SSSR count). The molecule has 0 aliphatic carbocycles. The second-order valence-corrected chi connectivity index (χ2v) is 5.63. The summed E-state index contributed by atoms with van der Waals surface area (Å²) in [7, 11) is 0. The maximum absolute atomic E-state index is 12.1. The van der Waals surface area contributed by atoms with Gasteiger partial charge in [0, 0.05) is 23.1 Å².